The molecule has 0 aromatic carbocycles. The Morgan fingerprint density at radius 1 is 1.44 bits per heavy atom. The van der Waals surface area contributed by atoms with Crippen molar-refractivity contribution in [3.8, 4) is 0 Å². The summed E-state index contributed by atoms with van der Waals surface area (Å²) in [6, 6.07) is 1.51. The van der Waals surface area contributed by atoms with Gasteiger partial charge >= 0.3 is 0 Å². The van der Waals surface area contributed by atoms with E-state index >= 15 is 0 Å². The summed E-state index contributed by atoms with van der Waals surface area (Å²) in [4.78, 5) is 2.96. The molecule has 0 aliphatic carbocycles. The Bertz CT molecular complexity index is 636. The molecular weight excluding hydrogens is 254 g/mol. The third kappa shape index (κ3) is 2.24. The van der Waals surface area contributed by atoms with Crippen LogP contribution >= 0.6 is 0 Å². The van der Waals surface area contributed by atoms with Gasteiger partial charge < -0.3 is 10.7 Å². The molecule has 0 saturated heterocycles. The lowest BCUT2D eigenvalue weighted by Crippen LogP contribution is -2.13. The van der Waals surface area contributed by atoms with E-state index < -0.39 is 10.0 Å². The van der Waals surface area contributed by atoms with Gasteiger partial charge in [0.15, 0.2) is 0 Å². The van der Waals surface area contributed by atoms with Crippen LogP contribution < -0.4 is 10.5 Å². The lowest BCUT2D eigenvalue weighted by Gasteiger charge is -2.05. The quantitative estimate of drug-likeness (QED) is 0.650. The maximum absolute atomic E-state index is 12.1. The number of nitrogens with two attached hydrogens (primary N) is 1. The molecule has 0 bridgehead atoms. The molecule has 0 saturated carbocycles. The molecule has 98 valence electrons. The Morgan fingerprint density at radius 2 is 2.17 bits per heavy atom. The molecule has 0 amide bonds. The van der Waals surface area contributed by atoms with Gasteiger partial charge in [0, 0.05) is 18.4 Å². The van der Waals surface area contributed by atoms with E-state index in [0.717, 1.165) is 0 Å². The monoisotopic (exact) mass is 269 g/mol. The van der Waals surface area contributed by atoms with Crippen molar-refractivity contribution in [1.29, 1.82) is 0 Å². The van der Waals surface area contributed by atoms with Gasteiger partial charge in [-0.1, -0.05) is 0 Å². The summed E-state index contributed by atoms with van der Waals surface area (Å²) in [6.45, 7) is 3.74. The molecule has 8 heteroatoms. The van der Waals surface area contributed by atoms with Gasteiger partial charge in [0.05, 0.1) is 17.1 Å². The molecule has 0 aliphatic rings. The molecule has 2 heterocycles. The van der Waals surface area contributed by atoms with Crippen LogP contribution in [0.4, 0.5) is 5.69 Å². The first kappa shape index (κ1) is 12.7. The van der Waals surface area contributed by atoms with Crippen molar-refractivity contribution in [1.82, 2.24) is 15.2 Å². The molecule has 0 spiro atoms. The lowest BCUT2D eigenvalue weighted by atomic mass is 10.3. The minimum atomic E-state index is -3.61. The van der Waals surface area contributed by atoms with Crippen molar-refractivity contribution in [2.75, 3.05) is 4.72 Å². The van der Waals surface area contributed by atoms with Gasteiger partial charge in [-0.25, -0.2) is 8.42 Å². The number of anilines is 1. The molecule has 2 aromatic heterocycles. The summed E-state index contributed by atoms with van der Waals surface area (Å²) >= 11 is 0. The molecule has 0 atom stereocenters. The first-order valence-corrected chi connectivity index (χ1v) is 6.84. The van der Waals surface area contributed by atoms with Gasteiger partial charge in [-0.2, -0.15) is 5.10 Å². The molecule has 0 fully saturated rings. The number of hydrogen-bond acceptors (Lipinski definition) is 4. The van der Waals surface area contributed by atoms with Gasteiger partial charge in [0.2, 0.25) is 0 Å². The number of sulfonamides is 1. The van der Waals surface area contributed by atoms with Crippen molar-refractivity contribution < 1.29 is 8.42 Å². The minimum Gasteiger partial charge on any atom is -0.363 e. The van der Waals surface area contributed by atoms with Crippen molar-refractivity contribution in [3.63, 3.8) is 0 Å². The summed E-state index contributed by atoms with van der Waals surface area (Å²) in [5.41, 5.74) is 7.84. The molecular formula is C10H15N5O2S. The van der Waals surface area contributed by atoms with Gasteiger partial charge in [-0.05, 0) is 19.9 Å². The fourth-order valence-electron chi connectivity index (χ4n) is 1.59. The summed E-state index contributed by atoms with van der Waals surface area (Å²) in [6.07, 6.45) is 1.41. The molecule has 0 unspecified atom stereocenters. The van der Waals surface area contributed by atoms with E-state index in [2.05, 4.69) is 19.9 Å². The number of aryl methyl sites for hydroxylation is 2. The largest absolute Gasteiger partial charge is 0.363 e. The second-order valence-corrected chi connectivity index (χ2v) is 5.66. The fourth-order valence-corrected chi connectivity index (χ4v) is 2.79. The zero-order valence-electron chi connectivity index (χ0n) is 10.1. The van der Waals surface area contributed by atoms with Crippen LogP contribution in [0, 0.1) is 13.8 Å². The Labute approximate surface area is 105 Å². The number of nitrogens with one attached hydrogen (secondary N) is 3. The Kier molecular flexibility index (Phi) is 3.14. The Balaban J connectivity index is 2.33. The molecule has 18 heavy (non-hydrogen) atoms. The normalized spacial score (nSPS) is 11.7. The van der Waals surface area contributed by atoms with Gasteiger partial charge in [-0.3, -0.25) is 9.82 Å². The van der Waals surface area contributed by atoms with Crippen LogP contribution in [0.25, 0.3) is 0 Å². The average Bonchev–Trinajstić information content (AvgIpc) is 2.91. The number of hydrogen-bond donors (Lipinski definition) is 4. The highest BCUT2D eigenvalue weighted by Gasteiger charge is 2.19. The summed E-state index contributed by atoms with van der Waals surface area (Å²) in [5, 5.41) is 6.66. The highest BCUT2D eigenvalue weighted by atomic mass is 32.2. The van der Waals surface area contributed by atoms with E-state index in [1.807, 2.05) is 0 Å². The van der Waals surface area contributed by atoms with E-state index in [4.69, 9.17) is 5.73 Å². The van der Waals surface area contributed by atoms with Crippen molar-refractivity contribution >= 4 is 15.7 Å². The van der Waals surface area contributed by atoms with E-state index in [-0.39, 0.29) is 11.4 Å². The summed E-state index contributed by atoms with van der Waals surface area (Å²) in [5.74, 6) is 0. The average molecular weight is 269 g/mol. The topological polar surface area (TPSA) is 117 Å². The molecule has 0 radical (unpaired) electrons. The van der Waals surface area contributed by atoms with Crippen molar-refractivity contribution in [3.05, 3.63) is 29.3 Å². The maximum atomic E-state index is 12.1. The zero-order valence-corrected chi connectivity index (χ0v) is 10.9. The zero-order chi connectivity index (χ0) is 13.3. The van der Waals surface area contributed by atoms with Crippen molar-refractivity contribution in [2.45, 2.75) is 25.3 Å². The third-order valence-corrected chi connectivity index (χ3v) is 3.94. The predicted octanol–water partition coefficient (Wildman–Crippen LogP) is 0.614. The second kappa shape index (κ2) is 4.46. The summed E-state index contributed by atoms with van der Waals surface area (Å²) < 4.78 is 26.7. The number of rotatable bonds is 4. The van der Waals surface area contributed by atoms with Crippen LogP contribution in [0.15, 0.2) is 17.2 Å². The highest BCUT2D eigenvalue weighted by molar-refractivity contribution is 7.92. The number of H-pyrrole nitrogens is 2. The third-order valence-electron chi connectivity index (χ3n) is 2.61. The number of nitrogens with zero attached hydrogens (tertiary/aromatic N) is 1. The van der Waals surface area contributed by atoms with Crippen LogP contribution in [0.5, 0.6) is 0 Å². The molecule has 0 aliphatic heterocycles. The first-order valence-electron chi connectivity index (χ1n) is 5.36. The fraction of sp³-hybridized carbons (Fsp3) is 0.300. The standard InChI is InChI=1S/C10H15N5O2S/c1-6-10(7(2)14-13-6)15-18(16,17)9-3-8(4-11)12-5-9/h3,5,12,15H,4,11H2,1-2H3,(H,13,14). The van der Waals surface area contributed by atoms with Crippen LogP contribution in [-0.2, 0) is 16.6 Å². The van der Waals surface area contributed by atoms with Crippen molar-refractivity contribution in [2.24, 2.45) is 5.73 Å². The molecule has 7 nitrogen and oxygen atoms in total. The van der Waals surface area contributed by atoms with E-state index in [0.29, 0.717) is 22.8 Å². The lowest BCUT2D eigenvalue weighted by molar-refractivity contribution is 0.601. The Hall–Kier alpha value is -1.80. The predicted molar refractivity (Wildman–Crippen MR) is 67.6 cm³/mol. The van der Waals surface area contributed by atoms with E-state index in [1.165, 1.54) is 12.3 Å². The van der Waals surface area contributed by atoms with Gasteiger partial charge in [0.1, 0.15) is 4.90 Å². The highest BCUT2D eigenvalue weighted by Crippen LogP contribution is 2.21. The van der Waals surface area contributed by atoms with Crippen LogP contribution in [-0.4, -0.2) is 23.6 Å². The number of aromatic amines is 2. The number of aromatic nitrogens is 3. The van der Waals surface area contributed by atoms with E-state index in [9.17, 15) is 8.42 Å². The smallest absolute Gasteiger partial charge is 0.263 e. The van der Waals surface area contributed by atoms with Crippen LogP contribution in [0.3, 0.4) is 0 Å². The molecule has 5 N–H and O–H groups in total. The second-order valence-electron chi connectivity index (χ2n) is 3.98. The molecule has 2 rings (SSSR count). The molecule has 2 aromatic rings. The van der Waals surface area contributed by atoms with E-state index in [1.54, 1.807) is 13.8 Å². The maximum Gasteiger partial charge on any atom is 0.263 e. The van der Waals surface area contributed by atoms with Gasteiger partial charge in [0.25, 0.3) is 10.0 Å². The SMILES string of the molecule is Cc1n[nH]c(C)c1NS(=O)(=O)c1c[nH]c(CN)c1. The van der Waals surface area contributed by atoms with Crippen LogP contribution in [0.1, 0.15) is 17.1 Å². The minimum absolute atomic E-state index is 0.156. The van der Waals surface area contributed by atoms with Gasteiger partial charge in [-0.15, -0.1) is 0 Å². The Morgan fingerprint density at radius 3 is 2.67 bits per heavy atom. The first-order chi connectivity index (χ1) is 8.44. The van der Waals surface area contributed by atoms with Crippen LogP contribution in [0.2, 0.25) is 0 Å². The summed E-state index contributed by atoms with van der Waals surface area (Å²) in [7, 11) is -3.61.